The molecule has 0 heterocycles. The summed E-state index contributed by atoms with van der Waals surface area (Å²) in [4.78, 5) is 0. The highest BCUT2D eigenvalue weighted by Gasteiger charge is 1.96. The van der Waals surface area contributed by atoms with Gasteiger partial charge in [-0.25, -0.2) is 0 Å². The molecule has 0 fully saturated rings. The maximum absolute atomic E-state index is 9.33. The number of aliphatic hydroxyl groups is 1. The van der Waals surface area contributed by atoms with Gasteiger partial charge in [0.15, 0.2) is 0 Å². The summed E-state index contributed by atoms with van der Waals surface area (Å²) in [6, 6.07) is 5.87. The van der Waals surface area contributed by atoms with E-state index in [1.807, 2.05) is 19.1 Å². The molecule has 0 radical (unpaired) electrons. The predicted octanol–water partition coefficient (Wildman–Crippen LogP) is 2.26. The van der Waals surface area contributed by atoms with Gasteiger partial charge in [-0.1, -0.05) is 25.5 Å². The van der Waals surface area contributed by atoms with Gasteiger partial charge in [0.05, 0.1) is 0 Å². The molecular weight excluding hydrogens is 164 g/mol. The summed E-state index contributed by atoms with van der Waals surface area (Å²) in [7, 11) is 1.00. The van der Waals surface area contributed by atoms with Gasteiger partial charge in [0.1, 0.15) is 5.75 Å². The van der Waals surface area contributed by atoms with Crippen molar-refractivity contribution in [3.63, 3.8) is 0 Å². The topological polar surface area (TPSA) is 40.5 Å². The normalized spacial score (nSPS) is 8.92. The van der Waals surface area contributed by atoms with Crippen LogP contribution >= 0.6 is 0 Å². The molecular formula is C11H18O2. The smallest absolute Gasteiger partial charge is 0.118 e. The number of benzene rings is 1. The minimum absolute atomic E-state index is 0.413. The van der Waals surface area contributed by atoms with Crippen LogP contribution in [0, 0.1) is 6.92 Å². The summed E-state index contributed by atoms with van der Waals surface area (Å²) in [5.41, 5.74) is 2.17. The predicted molar refractivity (Wildman–Crippen MR) is 55.0 cm³/mol. The van der Waals surface area contributed by atoms with E-state index >= 15 is 0 Å². The lowest BCUT2D eigenvalue weighted by Crippen LogP contribution is -1.83. The second kappa shape index (κ2) is 6.49. The van der Waals surface area contributed by atoms with E-state index in [0.29, 0.717) is 5.75 Å². The van der Waals surface area contributed by atoms with E-state index in [4.69, 9.17) is 5.11 Å². The molecule has 2 heteroatoms. The average Bonchev–Trinajstić information content (AvgIpc) is 2.15. The maximum atomic E-state index is 9.33. The molecule has 74 valence electrons. The Balaban J connectivity index is 0.000000671. The Morgan fingerprint density at radius 3 is 2.31 bits per heavy atom. The van der Waals surface area contributed by atoms with Crippen LogP contribution in [-0.2, 0) is 6.42 Å². The van der Waals surface area contributed by atoms with Crippen LogP contribution in [-0.4, -0.2) is 17.3 Å². The van der Waals surface area contributed by atoms with E-state index in [9.17, 15) is 5.11 Å². The molecule has 0 saturated heterocycles. The number of aryl methyl sites for hydroxylation is 2. The summed E-state index contributed by atoms with van der Waals surface area (Å²) in [5, 5.41) is 16.3. The lowest BCUT2D eigenvalue weighted by molar-refractivity contribution is 0.399. The summed E-state index contributed by atoms with van der Waals surface area (Å²) in [5.74, 6) is 0.413. The number of aliphatic hydroxyl groups excluding tert-OH is 1. The van der Waals surface area contributed by atoms with E-state index < -0.39 is 0 Å². The van der Waals surface area contributed by atoms with Gasteiger partial charge in [-0.15, -0.1) is 0 Å². The van der Waals surface area contributed by atoms with Crippen LogP contribution in [0.4, 0.5) is 0 Å². The quantitative estimate of drug-likeness (QED) is 0.736. The zero-order chi connectivity index (χ0) is 10.3. The lowest BCUT2D eigenvalue weighted by Gasteiger charge is -2.01. The second-order valence-corrected chi connectivity index (χ2v) is 2.87. The first-order chi connectivity index (χ1) is 6.24. The highest BCUT2D eigenvalue weighted by Crippen LogP contribution is 2.17. The maximum Gasteiger partial charge on any atom is 0.118 e. The second-order valence-electron chi connectivity index (χ2n) is 2.87. The van der Waals surface area contributed by atoms with E-state index in [-0.39, 0.29) is 0 Å². The molecule has 13 heavy (non-hydrogen) atoms. The van der Waals surface area contributed by atoms with Crippen molar-refractivity contribution in [2.24, 2.45) is 0 Å². The third kappa shape index (κ3) is 3.95. The van der Waals surface area contributed by atoms with E-state index in [1.165, 1.54) is 5.56 Å². The average molecular weight is 182 g/mol. The van der Waals surface area contributed by atoms with E-state index in [0.717, 1.165) is 25.5 Å². The van der Waals surface area contributed by atoms with Crippen molar-refractivity contribution in [2.45, 2.75) is 26.7 Å². The number of aromatic hydroxyl groups is 1. The first-order valence-corrected chi connectivity index (χ1v) is 4.47. The van der Waals surface area contributed by atoms with Crippen LogP contribution in [0.15, 0.2) is 18.2 Å². The molecule has 1 aromatic carbocycles. The van der Waals surface area contributed by atoms with Gasteiger partial charge >= 0.3 is 0 Å². The van der Waals surface area contributed by atoms with Crippen molar-refractivity contribution < 1.29 is 10.2 Å². The monoisotopic (exact) mass is 182 g/mol. The molecule has 0 aliphatic rings. The molecule has 0 amide bonds. The standard InChI is InChI=1S/C10H14O.CH4O/c1-3-4-9-6-5-8(2)10(11)7-9;1-2/h5-7,11H,3-4H2,1-2H3;2H,1H3. The van der Waals surface area contributed by atoms with Crippen LogP contribution in [0.1, 0.15) is 24.5 Å². The van der Waals surface area contributed by atoms with Gasteiger partial charge in [-0.2, -0.15) is 0 Å². The summed E-state index contributed by atoms with van der Waals surface area (Å²) < 4.78 is 0. The Labute approximate surface area is 79.9 Å². The zero-order valence-corrected chi connectivity index (χ0v) is 8.54. The molecule has 1 rings (SSSR count). The van der Waals surface area contributed by atoms with Gasteiger partial charge in [-0.05, 0) is 30.5 Å². The first kappa shape index (κ1) is 12.0. The minimum atomic E-state index is 0.413. The fourth-order valence-electron chi connectivity index (χ4n) is 1.10. The Morgan fingerprint density at radius 2 is 1.85 bits per heavy atom. The van der Waals surface area contributed by atoms with E-state index in [1.54, 1.807) is 0 Å². The van der Waals surface area contributed by atoms with E-state index in [2.05, 4.69) is 13.0 Å². The zero-order valence-electron chi connectivity index (χ0n) is 8.54. The lowest BCUT2D eigenvalue weighted by atomic mass is 10.1. The summed E-state index contributed by atoms with van der Waals surface area (Å²) in [6.07, 6.45) is 2.18. The van der Waals surface area contributed by atoms with Crippen LogP contribution in [0.3, 0.4) is 0 Å². The Kier molecular flexibility index (Phi) is 5.98. The molecule has 0 aliphatic carbocycles. The van der Waals surface area contributed by atoms with Gasteiger partial charge in [0, 0.05) is 7.11 Å². The molecule has 0 saturated carbocycles. The van der Waals surface area contributed by atoms with Crippen molar-refractivity contribution in [3.05, 3.63) is 29.3 Å². The fourth-order valence-corrected chi connectivity index (χ4v) is 1.10. The van der Waals surface area contributed by atoms with Crippen LogP contribution in [0.25, 0.3) is 0 Å². The number of phenolic OH excluding ortho intramolecular Hbond substituents is 1. The fraction of sp³-hybridized carbons (Fsp3) is 0.455. The number of phenols is 1. The third-order valence-corrected chi connectivity index (χ3v) is 1.81. The van der Waals surface area contributed by atoms with Crippen molar-refractivity contribution in [1.82, 2.24) is 0 Å². The van der Waals surface area contributed by atoms with Crippen molar-refractivity contribution in [3.8, 4) is 5.75 Å². The molecule has 2 N–H and O–H groups in total. The Hall–Kier alpha value is -1.02. The summed E-state index contributed by atoms with van der Waals surface area (Å²) >= 11 is 0. The van der Waals surface area contributed by atoms with Crippen molar-refractivity contribution in [1.29, 1.82) is 0 Å². The third-order valence-electron chi connectivity index (χ3n) is 1.81. The largest absolute Gasteiger partial charge is 0.508 e. The number of rotatable bonds is 2. The molecule has 2 nitrogen and oxygen atoms in total. The van der Waals surface area contributed by atoms with Crippen LogP contribution in [0.5, 0.6) is 5.75 Å². The highest BCUT2D eigenvalue weighted by atomic mass is 16.3. The molecule has 0 bridgehead atoms. The van der Waals surface area contributed by atoms with Gasteiger partial charge in [-0.3, -0.25) is 0 Å². The molecule has 0 atom stereocenters. The molecule has 0 aliphatic heterocycles. The highest BCUT2D eigenvalue weighted by molar-refractivity contribution is 5.35. The first-order valence-electron chi connectivity index (χ1n) is 4.47. The Bertz CT molecular complexity index is 244. The number of hydrogen-bond acceptors (Lipinski definition) is 2. The van der Waals surface area contributed by atoms with Gasteiger partial charge < -0.3 is 10.2 Å². The van der Waals surface area contributed by atoms with Crippen molar-refractivity contribution in [2.75, 3.05) is 7.11 Å². The molecule has 0 unspecified atom stereocenters. The number of hydrogen-bond donors (Lipinski definition) is 2. The molecule has 0 aromatic heterocycles. The SMILES string of the molecule is CCCc1ccc(C)c(O)c1.CO. The van der Waals surface area contributed by atoms with Crippen LogP contribution < -0.4 is 0 Å². The van der Waals surface area contributed by atoms with Gasteiger partial charge in [0.2, 0.25) is 0 Å². The molecule has 0 spiro atoms. The minimum Gasteiger partial charge on any atom is -0.508 e. The molecule has 1 aromatic rings. The van der Waals surface area contributed by atoms with Crippen molar-refractivity contribution >= 4 is 0 Å². The van der Waals surface area contributed by atoms with Crippen LogP contribution in [0.2, 0.25) is 0 Å². The van der Waals surface area contributed by atoms with Gasteiger partial charge in [0.25, 0.3) is 0 Å². The summed E-state index contributed by atoms with van der Waals surface area (Å²) in [6.45, 7) is 4.04. The Morgan fingerprint density at radius 1 is 1.23 bits per heavy atom.